The maximum Gasteiger partial charge on any atom is 0.245 e. The van der Waals surface area contributed by atoms with Gasteiger partial charge in [-0.3, -0.25) is 14.6 Å². The maximum absolute atomic E-state index is 13.3. The number of hydrogen-bond acceptors (Lipinski definition) is 3. The Morgan fingerprint density at radius 2 is 1.56 bits per heavy atom. The van der Waals surface area contributed by atoms with Crippen molar-refractivity contribution in [1.29, 1.82) is 0 Å². The zero-order valence-electron chi connectivity index (χ0n) is 14.6. The van der Waals surface area contributed by atoms with E-state index in [1.807, 2.05) is 60.7 Å². The number of benzene rings is 3. The number of hydrogen-bond donors (Lipinski definition) is 0. The molecule has 2 heterocycles. The van der Waals surface area contributed by atoms with Gasteiger partial charge in [-0.15, -0.1) is 0 Å². The molecule has 0 saturated carbocycles. The maximum atomic E-state index is 13.3. The molecule has 0 aliphatic carbocycles. The molecule has 27 heavy (non-hydrogen) atoms. The Balaban J connectivity index is 1.45. The zero-order chi connectivity index (χ0) is 18.4. The van der Waals surface area contributed by atoms with Gasteiger partial charge >= 0.3 is 0 Å². The fourth-order valence-corrected chi connectivity index (χ4v) is 4.05. The van der Waals surface area contributed by atoms with Gasteiger partial charge in [-0.2, -0.15) is 0 Å². The average molecular weight is 377 g/mol. The van der Waals surface area contributed by atoms with Crippen LogP contribution in [0.15, 0.2) is 66.7 Å². The van der Waals surface area contributed by atoms with Gasteiger partial charge in [0.15, 0.2) is 11.5 Å². The van der Waals surface area contributed by atoms with Gasteiger partial charge in [0.1, 0.15) is 0 Å². The highest BCUT2D eigenvalue weighted by Crippen LogP contribution is 2.46. The lowest BCUT2D eigenvalue weighted by atomic mass is 10.1. The number of amides is 1. The minimum Gasteiger partial charge on any atom is -0.453 e. The van der Waals surface area contributed by atoms with Crippen molar-refractivity contribution < 1.29 is 9.53 Å². The molecule has 0 unspecified atom stereocenters. The third-order valence-corrected chi connectivity index (χ3v) is 5.39. The number of ether oxygens (including phenoxy) is 1. The molecule has 3 aromatic rings. The van der Waals surface area contributed by atoms with Gasteiger partial charge in [-0.05, 0) is 41.5 Å². The number of anilines is 2. The average Bonchev–Trinajstić information content (AvgIpc) is 3.09. The number of halogens is 1. The van der Waals surface area contributed by atoms with E-state index in [2.05, 4.69) is 11.0 Å². The van der Waals surface area contributed by atoms with Crippen LogP contribution in [0, 0.1) is 0 Å². The van der Waals surface area contributed by atoms with Crippen LogP contribution >= 0.6 is 11.6 Å². The molecule has 0 bridgehead atoms. The summed E-state index contributed by atoms with van der Waals surface area (Å²) >= 11 is 6.32. The smallest absolute Gasteiger partial charge is 0.245 e. The summed E-state index contributed by atoms with van der Waals surface area (Å²) in [5.41, 5.74) is 3.86. The number of carbonyl (C=O) groups excluding carboxylic acids is 1. The number of nitrogens with zero attached hydrogens (tertiary/aromatic N) is 2. The van der Waals surface area contributed by atoms with E-state index in [1.54, 1.807) is 4.90 Å². The number of para-hydroxylation sites is 4. The van der Waals surface area contributed by atoms with E-state index in [-0.39, 0.29) is 5.91 Å². The molecule has 0 atom stereocenters. The molecule has 0 spiro atoms. The van der Waals surface area contributed by atoms with E-state index in [4.69, 9.17) is 16.3 Å². The van der Waals surface area contributed by atoms with Gasteiger partial charge < -0.3 is 4.74 Å². The van der Waals surface area contributed by atoms with Gasteiger partial charge in [0.25, 0.3) is 0 Å². The lowest BCUT2D eigenvalue weighted by Crippen LogP contribution is -2.37. The van der Waals surface area contributed by atoms with Crippen molar-refractivity contribution in [3.8, 4) is 11.5 Å². The third-order valence-electron chi connectivity index (χ3n) is 5.03. The number of rotatable bonds is 2. The second-order valence-corrected chi connectivity index (χ2v) is 7.20. The molecular formula is C22H17ClN2O2. The normalized spacial score (nSPS) is 14.9. The highest BCUT2D eigenvalue weighted by Gasteiger charge is 2.31. The Hall–Kier alpha value is -2.82. The first-order valence-electron chi connectivity index (χ1n) is 8.88. The zero-order valence-corrected chi connectivity index (χ0v) is 15.3. The van der Waals surface area contributed by atoms with Crippen LogP contribution in [0.2, 0.25) is 5.02 Å². The first-order chi connectivity index (χ1) is 13.2. The van der Waals surface area contributed by atoms with E-state index < -0.39 is 0 Å². The van der Waals surface area contributed by atoms with Crippen LogP contribution in [0.25, 0.3) is 0 Å². The molecule has 0 saturated heterocycles. The molecule has 134 valence electrons. The van der Waals surface area contributed by atoms with Crippen molar-refractivity contribution in [3.63, 3.8) is 0 Å². The molecule has 0 N–H and O–H groups in total. The molecule has 5 rings (SSSR count). The predicted octanol–water partition coefficient (Wildman–Crippen LogP) is 5.13. The van der Waals surface area contributed by atoms with Crippen molar-refractivity contribution in [2.24, 2.45) is 0 Å². The van der Waals surface area contributed by atoms with Gasteiger partial charge in [-0.25, -0.2) is 0 Å². The lowest BCUT2D eigenvalue weighted by Gasteiger charge is -2.32. The Labute approximate surface area is 162 Å². The molecule has 2 aliphatic heterocycles. The van der Waals surface area contributed by atoms with Crippen molar-refractivity contribution in [2.45, 2.75) is 13.1 Å². The predicted molar refractivity (Wildman–Crippen MR) is 106 cm³/mol. The Kier molecular flexibility index (Phi) is 3.88. The number of carbonyl (C=O) groups is 1. The summed E-state index contributed by atoms with van der Waals surface area (Å²) in [6.45, 7) is 1.73. The van der Waals surface area contributed by atoms with Crippen LogP contribution in [-0.4, -0.2) is 17.4 Å². The lowest BCUT2D eigenvalue weighted by molar-refractivity contribution is -0.119. The highest BCUT2D eigenvalue weighted by atomic mass is 35.5. The Morgan fingerprint density at radius 3 is 2.22 bits per heavy atom. The molecule has 0 radical (unpaired) electrons. The second-order valence-electron chi connectivity index (χ2n) is 6.79. The van der Waals surface area contributed by atoms with E-state index in [0.717, 1.165) is 28.5 Å². The Morgan fingerprint density at radius 1 is 0.889 bits per heavy atom. The SMILES string of the molecule is O=C(CN1Cc2cccc(Cl)c2C1)N1c2ccccc2Oc2ccccc21. The molecule has 4 nitrogen and oxygen atoms in total. The third kappa shape index (κ3) is 2.78. The van der Waals surface area contributed by atoms with E-state index >= 15 is 0 Å². The van der Waals surface area contributed by atoms with E-state index in [0.29, 0.717) is 24.6 Å². The summed E-state index contributed by atoms with van der Waals surface area (Å²) in [6.07, 6.45) is 0. The molecule has 1 amide bonds. The highest BCUT2D eigenvalue weighted by molar-refractivity contribution is 6.31. The quantitative estimate of drug-likeness (QED) is 0.621. The van der Waals surface area contributed by atoms with Gasteiger partial charge in [-0.1, -0.05) is 48.0 Å². The van der Waals surface area contributed by atoms with E-state index in [1.165, 1.54) is 5.56 Å². The minimum atomic E-state index is 0.0159. The van der Waals surface area contributed by atoms with Crippen molar-refractivity contribution in [2.75, 3.05) is 11.4 Å². The summed E-state index contributed by atoms with van der Waals surface area (Å²) in [6, 6.07) is 21.2. The largest absolute Gasteiger partial charge is 0.453 e. The van der Waals surface area contributed by atoms with Crippen molar-refractivity contribution >= 4 is 28.9 Å². The number of fused-ring (bicyclic) bond motifs is 3. The van der Waals surface area contributed by atoms with Crippen LogP contribution in [0.3, 0.4) is 0 Å². The second kappa shape index (κ2) is 6.41. The topological polar surface area (TPSA) is 32.8 Å². The van der Waals surface area contributed by atoms with Crippen LogP contribution in [0.4, 0.5) is 11.4 Å². The molecule has 2 aliphatic rings. The summed E-state index contributed by atoms with van der Waals surface area (Å²) in [5, 5.41) is 0.768. The minimum absolute atomic E-state index is 0.0159. The fourth-order valence-electron chi connectivity index (χ4n) is 3.80. The van der Waals surface area contributed by atoms with Gasteiger partial charge in [0.05, 0.1) is 17.9 Å². The summed E-state index contributed by atoms with van der Waals surface area (Å²) in [4.78, 5) is 17.2. The molecule has 0 fully saturated rings. The summed E-state index contributed by atoms with van der Waals surface area (Å²) in [7, 11) is 0. The van der Waals surface area contributed by atoms with Crippen LogP contribution in [0.5, 0.6) is 11.5 Å². The van der Waals surface area contributed by atoms with Gasteiger partial charge in [0.2, 0.25) is 5.91 Å². The van der Waals surface area contributed by atoms with E-state index in [9.17, 15) is 4.79 Å². The van der Waals surface area contributed by atoms with Crippen LogP contribution in [-0.2, 0) is 17.9 Å². The summed E-state index contributed by atoms with van der Waals surface area (Å²) in [5.74, 6) is 1.40. The molecule has 0 aromatic heterocycles. The Bertz CT molecular complexity index is 1000. The van der Waals surface area contributed by atoms with Crippen molar-refractivity contribution in [1.82, 2.24) is 4.90 Å². The monoisotopic (exact) mass is 376 g/mol. The van der Waals surface area contributed by atoms with Crippen LogP contribution in [0.1, 0.15) is 11.1 Å². The first-order valence-corrected chi connectivity index (χ1v) is 9.26. The standard InChI is InChI=1S/C22H17ClN2O2/c23-17-7-5-6-15-12-24(13-16(15)17)14-22(26)25-18-8-1-3-10-20(18)27-21-11-4-2-9-19(21)25/h1-11H,12-14H2. The van der Waals surface area contributed by atoms with Crippen molar-refractivity contribution in [3.05, 3.63) is 82.9 Å². The first kappa shape index (κ1) is 16.4. The van der Waals surface area contributed by atoms with Crippen LogP contribution < -0.4 is 9.64 Å². The van der Waals surface area contributed by atoms with Gasteiger partial charge in [0, 0.05) is 18.1 Å². The molecule has 5 heteroatoms. The fraction of sp³-hybridized carbons (Fsp3) is 0.136. The molecular weight excluding hydrogens is 360 g/mol. The summed E-state index contributed by atoms with van der Waals surface area (Å²) < 4.78 is 5.97. The molecule has 3 aromatic carbocycles.